The molecule has 0 saturated carbocycles. The molecule has 4 nitrogen and oxygen atoms in total. The van der Waals surface area contributed by atoms with Crippen molar-refractivity contribution in [2.24, 2.45) is 0 Å². The Morgan fingerprint density at radius 1 is 1.39 bits per heavy atom. The summed E-state index contributed by atoms with van der Waals surface area (Å²) in [6.45, 7) is 2.89. The van der Waals surface area contributed by atoms with Gasteiger partial charge in [-0.3, -0.25) is 9.48 Å². The third kappa shape index (κ3) is 2.42. The van der Waals surface area contributed by atoms with E-state index in [1.165, 1.54) is 0 Å². The molecule has 0 saturated heterocycles. The number of aromatic nitrogens is 2. The van der Waals surface area contributed by atoms with Gasteiger partial charge in [0.05, 0.1) is 24.4 Å². The van der Waals surface area contributed by atoms with E-state index in [-0.39, 0.29) is 5.78 Å². The quantitative estimate of drug-likeness (QED) is 0.759. The average Bonchev–Trinajstić information content (AvgIpc) is 2.87. The lowest BCUT2D eigenvalue weighted by molar-refractivity contribution is 0.103. The summed E-state index contributed by atoms with van der Waals surface area (Å²) in [6, 6.07) is 7.21. The highest BCUT2D eigenvalue weighted by Crippen LogP contribution is 2.20. The van der Waals surface area contributed by atoms with Crippen LogP contribution in [-0.4, -0.2) is 22.7 Å². The molecule has 0 aliphatic rings. The van der Waals surface area contributed by atoms with Gasteiger partial charge in [0, 0.05) is 12.7 Å². The molecule has 0 bridgehead atoms. The second-order valence-corrected chi connectivity index (χ2v) is 4.02. The summed E-state index contributed by atoms with van der Waals surface area (Å²) in [7, 11) is 1.56. The van der Waals surface area contributed by atoms with Crippen molar-refractivity contribution >= 4 is 5.78 Å². The van der Waals surface area contributed by atoms with Crippen molar-refractivity contribution in [3.8, 4) is 5.75 Å². The van der Waals surface area contributed by atoms with Crippen molar-refractivity contribution in [1.29, 1.82) is 0 Å². The molecule has 0 amide bonds. The Bertz CT molecular complexity index is 546. The Labute approximate surface area is 106 Å². The van der Waals surface area contributed by atoms with Crippen LogP contribution in [0, 0.1) is 0 Å². The third-order valence-electron chi connectivity index (χ3n) is 2.70. The van der Waals surface area contributed by atoms with E-state index in [9.17, 15) is 4.79 Å². The first-order valence-electron chi connectivity index (χ1n) is 5.96. The number of carbonyl (C=O) groups is 1. The van der Waals surface area contributed by atoms with E-state index < -0.39 is 0 Å². The van der Waals surface area contributed by atoms with Gasteiger partial charge in [0.2, 0.25) is 0 Å². The number of methoxy groups -OCH3 is 1. The van der Waals surface area contributed by atoms with E-state index in [1.54, 1.807) is 36.3 Å². The van der Waals surface area contributed by atoms with Crippen LogP contribution in [-0.2, 0) is 6.54 Å². The lowest BCUT2D eigenvalue weighted by Crippen LogP contribution is -2.03. The molecule has 1 aromatic carbocycles. The zero-order chi connectivity index (χ0) is 13.0. The Morgan fingerprint density at radius 2 is 2.17 bits per heavy atom. The predicted molar refractivity (Wildman–Crippen MR) is 68.9 cm³/mol. The number of nitrogens with zero attached hydrogens (tertiary/aromatic N) is 2. The van der Waals surface area contributed by atoms with Crippen molar-refractivity contribution in [3.63, 3.8) is 0 Å². The number of hydrogen-bond acceptors (Lipinski definition) is 3. The number of carbonyl (C=O) groups excluding carboxylic acids is 1. The minimum absolute atomic E-state index is 0.0604. The van der Waals surface area contributed by atoms with Gasteiger partial charge in [-0.15, -0.1) is 0 Å². The Morgan fingerprint density at radius 3 is 2.89 bits per heavy atom. The van der Waals surface area contributed by atoms with Gasteiger partial charge in [0.25, 0.3) is 0 Å². The topological polar surface area (TPSA) is 44.1 Å². The molecule has 2 aromatic rings. The van der Waals surface area contributed by atoms with Crippen LogP contribution < -0.4 is 4.74 Å². The molecule has 2 rings (SSSR count). The molecule has 0 unspecified atom stereocenters. The number of para-hydroxylation sites is 1. The van der Waals surface area contributed by atoms with Crippen LogP contribution in [0.5, 0.6) is 5.75 Å². The molecule has 94 valence electrons. The van der Waals surface area contributed by atoms with Crippen LogP contribution in [0.15, 0.2) is 36.7 Å². The summed E-state index contributed by atoms with van der Waals surface area (Å²) in [5, 5.41) is 4.16. The van der Waals surface area contributed by atoms with Gasteiger partial charge in [-0.2, -0.15) is 5.10 Å². The van der Waals surface area contributed by atoms with Gasteiger partial charge in [-0.1, -0.05) is 19.1 Å². The number of ketones is 1. The second-order valence-electron chi connectivity index (χ2n) is 4.02. The molecule has 0 atom stereocenters. The molecule has 0 radical (unpaired) electrons. The van der Waals surface area contributed by atoms with Gasteiger partial charge in [0.1, 0.15) is 5.75 Å². The molecule has 1 heterocycles. The van der Waals surface area contributed by atoms with Gasteiger partial charge in [-0.05, 0) is 18.6 Å². The minimum Gasteiger partial charge on any atom is -0.496 e. The summed E-state index contributed by atoms with van der Waals surface area (Å²) < 4.78 is 6.97. The summed E-state index contributed by atoms with van der Waals surface area (Å²) in [5.41, 5.74) is 1.16. The highest BCUT2D eigenvalue weighted by Gasteiger charge is 2.15. The molecule has 0 fully saturated rings. The highest BCUT2D eigenvalue weighted by atomic mass is 16.5. The molecule has 4 heteroatoms. The lowest BCUT2D eigenvalue weighted by atomic mass is 10.1. The number of rotatable bonds is 5. The molecule has 0 aliphatic carbocycles. The van der Waals surface area contributed by atoms with Gasteiger partial charge >= 0.3 is 0 Å². The molecular weight excluding hydrogens is 228 g/mol. The van der Waals surface area contributed by atoms with Crippen molar-refractivity contribution < 1.29 is 9.53 Å². The van der Waals surface area contributed by atoms with E-state index >= 15 is 0 Å². The van der Waals surface area contributed by atoms with E-state index in [2.05, 4.69) is 12.0 Å². The minimum atomic E-state index is -0.0604. The maximum absolute atomic E-state index is 12.3. The van der Waals surface area contributed by atoms with Gasteiger partial charge in [-0.25, -0.2) is 0 Å². The van der Waals surface area contributed by atoms with Crippen LogP contribution in [0.3, 0.4) is 0 Å². The first kappa shape index (κ1) is 12.4. The normalized spacial score (nSPS) is 10.3. The fourth-order valence-corrected chi connectivity index (χ4v) is 1.82. The van der Waals surface area contributed by atoms with Gasteiger partial charge in [0.15, 0.2) is 5.78 Å². The first-order valence-corrected chi connectivity index (χ1v) is 5.96. The Hall–Kier alpha value is -2.10. The first-order chi connectivity index (χ1) is 8.76. The van der Waals surface area contributed by atoms with Crippen molar-refractivity contribution in [2.75, 3.05) is 7.11 Å². The number of aryl methyl sites for hydroxylation is 1. The van der Waals surface area contributed by atoms with E-state index in [0.29, 0.717) is 16.9 Å². The van der Waals surface area contributed by atoms with Crippen LogP contribution >= 0.6 is 0 Å². The molecule has 0 aliphatic heterocycles. The highest BCUT2D eigenvalue weighted by molar-refractivity contribution is 6.10. The molecule has 1 aromatic heterocycles. The fraction of sp³-hybridized carbons (Fsp3) is 0.286. The molecule has 0 spiro atoms. The van der Waals surface area contributed by atoms with Crippen LogP contribution in [0.4, 0.5) is 0 Å². The molecule has 18 heavy (non-hydrogen) atoms. The van der Waals surface area contributed by atoms with Gasteiger partial charge < -0.3 is 4.74 Å². The maximum atomic E-state index is 12.3. The number of hydrogen-bond donors (Lipinski definition) is 0. The monoisotopic (exact) mass is 244 g/mol. The van der Waals surface area contributed by atoms with Crippen molar-refractivity contribution in [2.45, 2.75) is 19.9 Å². The maximum Gasteiger partial charge on any atom is 0.199 e. The standard InChI is InChI=1S/C14H16N2O2/c1-3-8-16-10-11(9-15-16)14(17)12-6-4-5-7-13(12)18-2/h4-7,9-10H,3,8H2,1-2H3. The predicted octanol–water partition coefficient (Wildman–Crippen LogP) is 2.53. The molecular formula is C14H16N2O2. The smallest absolute Gasteiger partial charge is 0.199 e. The Balaban J connectivity index is 2.29. The van der Waals surface area contributed by atoms with Crippen molar-refractivity contribution in [3.05, 3.63) is 47.8 Å². The fourth-order valence-electron chi connectivity index (χ4n) is 1.82. The van der Waals surface area contributed by atoms with Crippen LogP contribution in [0.1, 0.15) is 29.3 Å². The second kappa shape index (κ2) is 5.49. The van der Waals surface area contributed by atoms with Crippen molar-refractivity contribution in [1.82, 2.24) is 9.78 Å². The number of ether oxygens (including phenoxy) is 1. The van der Waals surface area contributed by atoms with Crippen LogP contribution in [0.25, 0.3) is 0 Å². The lowest BCUT2D eigenvalue weighted by Gasteiger charge is -2.05. The zero-order valence-electron chi connectivity index (χ0n) is 10.6. The summed E-state index contributed by atoms with van der Waals surface area (Å²) in [6.07, 6.45) is 4.37. The average molecular weight is 244 g/mol. The summed E-state index contributed by atoms with van der Waals surface area (Å²) >= 11 is 0. The van der Waals surface area contributed by atoms with Crippen LogP contribution in [0.2, 0.25) is 0 Å². The van der Waals surface area contributed by atoms with E-state index in [4.69, 9.17) is 4.74 Å². The number of benzene rings is 1. The zero-order valence-corrected chi connectivity index (χ0v) is 10.6. The molecule has 0 N–H and O–H groups in total. The van der Waals surface area contributed by atoms with E-state index in [1.807, 2.05) is 12.1 Å². The largest absolute Gasteiger partial charge is 0.496 e. The third-order valence-corrected chi connectivity index (χ3v) is 2.70. The summed E-state index contributed by atoms with van der Waals surface area (Å²) in [4.78, 5) is 12.3. The summed E-state index contributed by atoms with van der Waals surface area (Å²) in [5.74, 6) is 0.528. The Kier molecular flexibility index (Phi) is 3.77. The SMILES string of the molecule is CCCn1cc(C(=O)c2ccccc2OC)cn1. The van der Waals surface area contributed by atoms with E-state index in [0.717, 1.165) is 13.0 Å².